The van der Waals surface area contributed by atoms with Gasteiger partial charge in [0.05, 0.1) is 0 Å². The molecule has 0 amide bonds. The van der Waals surface area contributed by atoms with E-state index < -0.39 is 10.0 Å². The van der Waals surface area contributed by atoms with Crippen LogP contribution in [-0.2, 0) is 10.0 Å². The van der Waals surface area contributed by atoms with E-state index in [-0.39, 0.29) is 10.7 Å². The molecule has 0 radical (unpaired) electrons. The zero-order valence-electron chi connectivity index (χ0n) is 11.8. The molecule has 0 bridgehead atoms. The van der Waals surface area contributed by atoms with E-state index in [1.54, 1.807) is 6.92 Å². The number of likely N-dealkylation sites (tertiary alicyclic amines) is 1. The highest BCUT2D eigenvalue weighted by molar-refractivity contribution is 8.00. The number of hydrogen-bond donors (Lipinski definition) is 0. The molecule has 0 N–H and O–H groups in total. The number of halogens is 1. The summed E-state index contributed by atoms with van der Waals surface area (Å²) < 4.78 is 41.7. The Kier molecular flexibility index (Phi) is 3.57. The van der Waals surface area contributed by atoms with Crippen LogP contribution in [-0.4, -0.2) is 32.2 Å². The maximum atomic E-state index is 13.0. The third-order valence-corrected chi connectivity index (χ3v) is 5.37. The summed E-state index contributed by atoms with van der Waals surface area (Å²) in [7, 11) is -3.70. The van der Waals surface area contributed by atoms with E-state index in [1.165, 1.54) is 30.7 Å². The predicted molar refractivity (Wildman–Crippen MR) is 80.8 cm³/mol. The Morgan fingerprint density at radius 3 is 2.33 bits per heavy atom. The Labute approximate surface area is 124 Å². The van der Waals surface area contributed by atoms with E-state index >= 15 is 0 Å². The third-order valence-electron chi connectivity index (χ3n) is 3.90. The average Bonchev–Trinajstić information content (AvgIpc) is 2.71. The molecule has 112 valence electrons. The minimum Gasteiger partial charge on any atom is -0.356 e. The number of rotatable bonds is 1. The van der Waals surface area contributed by atoms with Gasteiger partial charge in [0, 0.05) is 18.7 Å². The molecular weight excluding hydrogens is 291 g/mol. The number of hydrogen-bond acceptors (Lipinski definition) is 3. The summed E-state index contributed by atoms with van der Waals surface area (Å²) >= 11 is 0. The maximum absolute atomic E-state index is 13.0. The first kappa shape index (κ1) is 14.3. The number of piperidine rings is 1. The van der Waals surface area contributed by atoms with Gasteiger partial charge in [-0.3, -0.25) is 0 Å². The molecular formula is C15H17FN2O2S. The van der Waals surface area contributed by atoms with Crippen LogP contribution in [0.4, 0.5) is 4.39 Å². The van der Waals surface area contributed by atoms with Crippen molar-refractivity contribution in [1.29, 1.82) is 0 Å². The molecule has 0 spiro atoms. The van der Waals surface area contributed by atoms with E-state index in [2.05, 4.69) is 4.40 Å². The van der Waals surface area contributed by atoms with E-state index in [1.807, 2.05) is 4.90 Å². The Morgan fingerprint density at radius 1 is 1.10 bits per heavy atom. The van der Waals surface area contributed by atoms with Crippen LogP contribution in [0.25, 0.3) is 4.91 Å². The molecule has 6 heteroatoms. The zero-order chi connectivity index (χ0) is 15.0. The number of benzene rings is 1. The molecule has 0 aromatic heterocycles. The predicted octanol–water partition coefficient (Wildman–Crippen LogP) is 2.78. The first-order valence-electron chi connectivity index (χ1n) is 7.06. The first-order chi connectivity index (χ1) is 9.99. The minimum atomic E-state index is -3.70. The molecule has 4 nitrogen and oxygen atoms in total. The molecule has 1 fully saturated rings. The van der Waals surface area contributed by atoms with Crippen LogP contribution in [0, 0.1) is 5.82 Å². The summed E-state index contributed by atoms with van der Waals surface area (Å²) in [4.78, 5) is 2.23. The molecule has 3 rings (SSSR count). The third kappa shape index (κ3) is 2.60. The molecule has 1 saturated heterocycles. The smallest absolute Gasteiger partial charge is 0.285 e. The molecule has 0 atom stereocenters. The summed E-state index contributed by atoms with van der Waals surface area (Å²) in [5.41, 5.74) is 1.15. The van der Waals surface area contributed by atoms with E-state index in [9.17, 15) is 12.8 Å². The van der Waals surface area contributed by atoms with Crippen LogP contribution < -0.4 is 0 Å². The van der Waals surface area contributed by atoms with E-state index in [0.29, 0.717) is 17.0 Å². The van der Waals surface area contributed by atoms with Gasteiger partial charge in [-0.1, -0.05) is 12.1 Å². The summed E-state index contributed by atoms with van der Waals surface area (Å²) in [6.07, 6.45) is 3.28. The zero-order valence-corrected chi connectivity index (χ0v) is 12.7. The van der Waals surface area contributed by atoms with Crippen molar-refractivity contribution in [2.45, 2.75) is 26.2 Å². The van der Waals surface area contributed by atoms with Gasteiger partial charge in [0.2, 0.25) is 0 Å². The molecule has 2 aliphatic heterocycles. The minimum absolute atomic E-state index is 0.197. The van der Waals surface area contributed by atoms with Crippen molar-refractivity contribution in [2.75, 3.05) is 13.1 Å². The topological polar surface area (TPSA) is 49.7 Å². The number of nitrogens with zero attached hydrogens (tertiary/aromatic N) is 2. The lowest BCUT2D eigenvalue weighted by molar-refractivity contribution is 0.343. The summed E-state index contributed by atoms with van der Waals surface area (Å²) in [5, 5.41) is 0. The van der Waals surface area contributed by atoms with Gasteiger partial charge < -0.3 is 4.90 Å². The van der Waals surface area contributed by atoms with Crippen molar-refractivity contribution in [2.24, 2.45) is 4.40 Å². The molecule has 0 unspecified atom stereocenters. The SMILES string of the molecule is CC1=C(c2ccc(F)cc2)S(=O)(=O)N=C1N1CCCCC1. The molecule has 21 heavy (non-hydrogen) atoms. The monoisotopic (exact) mass is 308 g/mol. The van der Waals surface area contributed by atoms with Crippen LogP contribution in [0.5, 0.6) is 0 Å². The summed E-state index contributed by atoms with van der Waals surface area (Å²) in [6.45, 7) is 3.45. The quantitative estimate of drug-likeness (QED) is 0.801. The Bertz CT molecular complexity index is 715. The highest BCUT2D eigenvalue weighted by atomic mass is 32.2. The van der Waals surface area contributed by atoms with Crippen molar-refractivity contribution in [3.8, 4) is 0 Å². The fourth-order valence-electron chi connectivity index (χ4n) is 2.89. The number of amidine groups is 1. The van der Waals surface area contributed by atoms with Crippen LogP contribution in [0.1, 0.15) is 31.7 Å². The van der Waals surface area contributed by atoms with Crippen molar-refractivity contribution >= 4 is 20.8 Å². The number of sulfonamides is 1. The summed E-state index contributed by atoms with van der Waals surface area (Å²) in [5.74, 6) is 0.165. The van der Waals surface area contributed by atoms with Crippen molar-refractivity contribution in [1.82, 2.24) is 4.90 Å². The molecule has 1 aromatic carbocycles. The molecule has 1 aromatic rings. The van der Waals surface area contributed by atoms with E-state index in [4.69, 9.17) is 0 Å². The van der Waals surface area contributed by atoms with Crippen LogP contribution in [0.15, 0.2) is 34.2 Å². The Hall–Kier alpha value is -1.69. The fourth-order valence-corrected chi connectivity index (χ4v) is 4.37. The lowest BCUT2D eigenvalue weighted by atomic mass is 10.1. The standard InChI is InChI=1S/C15H17FN2O2S/c1-11-14(12-5-7-13(16)8-6-12)21(19,20)17-15(11)18-9-3-2-4-10-18/h5-8H,2-4,9-10H2,1H3. The normalized spacial score (nSPS) is 21.6. The van der Waals surface area contributed by atoms with Crippen LogP contribution in [0.3, 0.4) is 0 Å². The second-order valence-electron chi connectivity index (χ2n) is 5.40. The average molecular weight is 308 g/mol. The molecule has 2 heterocycles. The fraction of sp³-hybridized carbons (Fsp3) is 0.400. The van der Waals surface area contributed by atoms with Gasteiger partial charge in [-0.15, -0.1) is 4.40 Å². The Morgan fingerprint density at radius 2 is 1.71 bits per heavy atom. The van der Waals surface area contributed by atoms with Gasteiger partial charge in [0.15, 0.2) is 0 Å². The Balaban J connectivity index is 2.03. The lowest BCUT2D eigenvalue weighted by Gasteiger charge is -2.28. The van der Waals surface area contributed by atoms with Crippen molar-refractivity contribution in [3.05, 3.63) is 41.2 Å². The van der Waals surface area contributed by atoms with Gasteiger partial charge in [0.25, 0.3) is 10.0 Å². The molecule has 0 saturated carbocycles. The highest BCUT2D eigenvalue weighted by Gasteiger charge is 2.33. The largest absolute Gasteiger partial charge is 0.356 e. The van der Waals surface area contributed by atoms with E-state index in [0.717, 1.165) is 25.9 Å². The summed E-state index contributed by atoms with van der Waals surface area (Å²) in [6, 6.07) is 5.51. The van der Waals surface area contributed by atoms with Crippen molar-refractivity contribution in [3.63, 3.8) is 0 Å². The van der Waals surface area contributed by atoms with Gasteiger partial charge in [-0.25, -0.2) is 4.39 Å². The maximum Gasteiger partial charge on any atom is 0.285 e. The second kappa shape index (κ2) is 5.26. The molecule has 0 aliphatic carbocycles. The van der Waals surface area contributed by atoms with Crippen LogP contribution >= 0.6 is 0 Å². The first-order valence-corrected chi connectivity index (χ1v) is 8.50. The lowest BCUT2D eigenvalue weighted by Crippen LogP contribution is -2.35. The van der Waals surface area contributed by atoms with Crippen molar-refractivity contribution < 1.29 is 12.8 Å². The van der Waals surface area contributed by atoms with Gasteiger partial charge in [0.1, 0.15) is 16.6 Å². The van der Waals surface area contributed by atoms with Crippen LogP contribution in [0.2, 0.25) is 0 Å². The van der Waals surface area contributed by atoms with Gasteiger partial charge in [-0.2, -0.15) is 8.42 Å². The molecule has 2 aliphatic rings. The van der Waals surface area contributed by atoms with Gasteiger partial charge in [-0.05, 0) is 43.9 Å². The highest BCUT2D eigenvalue weighted by Crippen LogP contribution is 2.34. The van der Waals surface area contributed by atoms with Gasteiger partial charge >= 0.3 is 0 Å². The second-order valence-corrected chi connectivity index (χ2v) is 6.94.